The zero-order valence-electron chi connectivity index (χ0n) is 21.7. The van der Waals surface area contributed by atoms with Gasteiger partial charge in [0, 0.05) is 30.5 Å². The Hall–Kier alpha value is -3.51. The molecule has 7 heteroatoms. The Bertz CT molecular complexity index is 1120. The highest BCUT2D eigenvalue weighted by Crippen LogP contribution is 2.20. The topological polar surface area (TPSA) is 67.9 Å². The molecule has 1 unspecified atom stereocenters. The van der Waals surface area contributed by atoms with Gasteiger partial charge in [-0.05, 0) is 67.8 Å². The fraction of sp³-hybridized carbons (Fsp3) is 0.333. The Morgan fingerprint density at radius 1 is 0.892 bits per heavy atom. The predicted molar refractivity (Wildman–Crippen MR) is 147 cm³/mol. The van der Waals surface area contributed by atoms with Crippen molar-refractivity contribution in [2.75, 3.05) is 13.7 Å². The van der Waals surface area contributed by atoms with Gasteiger partial charge in [-0.25, -0.2) is 0 Å². The molecule has 0 saturated heterocycles. The molecule has 0 aliphatic rings. The first kappa shape index (κ1) is 28.1. The average Bonchev–Trinajstić information content (AvgIpc) is 2.90. The summed E-state index contributed by atoms with van der Waals surface area (Å²) in [7, 11) is 1.61. The molecule has 196 valence electrons. The van der Waals surface area contributed by atoms with Crippen LogP contribution in [0.25, 0.3) is 0 Å². The van der Waals surface area contributed by atoms with Gasteiger partial charge in [-0.3, -0.25) is 9.59 Å². The van der Waals surface area contributed by atoms with Crippen LogP contribution in [0.15, 0.2) is 78.9 Å². The van der Waals surface area contributed by atoms with Crippen molar-refractivity contribution in [3.63, 3.8) is 0 Å². The molecule has 3 aromatic carbocycles. The third kappa shape index (κ3) is 9.14. The highest BCUT2D eigenvalue weighted by molar-refractivity contribution is 6.30. The fourth-order valence-electron chi connectivity index (χ4n) is 3.95. The monoisotopic (exact) mass is 522 g/mol. The molecule has 0 aromatic heterocycles. The van der Waals surface area contributed by atoms with E-state index in [-0.39, 0.29) is 24.3 Å². The van der Waals surface area contributed by atoms with E-state index in [0.717, 1.165) is 16.9 Å². The Kier molecular flexibility index (Phi) is 10.8. The largest absolute Gasteiger partial charge is 0.497 e. The first-order chi connectivity index (χ1) is 17.9. The van der Waals surface area contributed by atoms with Crippen molar-refractivity contribution in [2.45, 2.75) is 51.7 Å². The number of amides is 2. The Labute approximate surface area is 224 Å². The van der Waals surface area contributed by atoms with Gasteiger partial charge in [-0.1, -0.05) is 54.1 Å². The van der Waals surface area contributed by atoms with E-state index in [4.69, 9.17) is 21.1 Å². The number of halogens is 1. The Morgan fingerprint density at radius 2 is 1.54 bits per heavy atom. The van der Waals surface area contributed by atoms with Gasteiger partial charge >= 0.3 is 0 Å². The van der Waals surface area contributed by atoms with E-state index in [2.05, 4.69) is 5.32 Å². The molecular weight excluding hydrogens is 488 g/mol. The molecular formula is C30H35ClN2O4. The van der Waals surface area contributed by atoms with Gasteiger partial charge < -0.3 is 19.7 Å². The quantitative estimate of drug-likeness (QED) is 0.294. The van der Waals surface area contributed by atoms with Crippen LogP contribution in [0.3, 0.4) is 0 Å². The van der Waals surface area contributed by atoms with E-state index in [0.29, 0.717) is 36.8 Å². The molecule has 0 aliphatic carbocycles. The lowest BCUT2D eigenvalue weighted by Gasteiger charge is -2.32. The summed E-state index contributed by atoms with van der Waals surface area (Å²) in [6, 6.07) is 23.7. The van der Waals surface area contributed by atoms with Crippen molar-refractivity contribution in [1.29, 1.82) is 0 Å². The van der Waals surface area contributed by atoms with E-state index in [1.54, 1.807) is 24.1 Å². The van der Waals surface area contributed by atoms with Crippen molar-refractivity contribution >= 4 is 23.4 Å². The van der Waals surface area contributed by atoms with Crippen LogP contribution < -0.4 is 14.8 Å². The van der Waals surface area contributed by atoms with Crippen LogP contribution in [0.2, 0.25) is 5.02 Å². The fourth-order valence-corrected chi connectivity index (χ4v) is 4.08. The van der Waals surface area contributed by atoms with Crippen LogP contribution in [0, 0.1) is 0 Å². The van der Waals surface area contributed by atoms with Crippen LogP contribution in [0.4, 0.5) is 0 Å². The molecule has 3 rings (SSSR count). The first-order valence-corrected chi connectivity index (χ1v) is 12.9. The number of rotatable bonds is 13. The first-order valence-electron chi connectivity index (χ1n) is 12.5. The molecule has 0 fully saturated rings. The number of ether oxygens (including phenoxy) is 2. The Morgan fingerprint density at radius 3 is 2.16 bits per heavy atom. The molecule has 0 spiro atoms. The second-order valence-corrected chi connectivity index (χ2v) is 9.58. The summed E-state index contributed by atoms with van der Waals surface area (Å²) in [5.74, 6) is 1.19. The Balaban J connectivity index is 1.75. The van der Waals surface area contributed by atoms with Gasteiger partial charge in [0.05, 0.1) is 13.7 Å². The number of benzene rings is 3. The number of hydrogen-bond donors (Lipinski definition) is 1. The summed E-state index contributed by atoms with van der Waals surface area (Å²) in [6.45, 7) is 4.52. The highest BCUT2D eigenvalue weighted by atomic mass is 35.5. The van der Waals surface area contributed by atoms with E-state index in [1.807, 2.05) is 80.6 Å². The van der Waals surface area contributed by atoms with Crippen LogP contribution in [-0.4, -0.2) is 42.5 Å². The van der Waals surface area contributed by atoms with Crippen molar-refractivity contribution in [2.24, 2.45) is 0 Å². The molecule has 0 heterocycles. The van der Waals surface area contributed by atoms with Crippen LogP contribution >= 0.6 is 11.6 Å². The van der Waals surface area contributed by atoms with E-state index >= 15 is 0 Å². The zero-order valence-corrected chi connectivity index (χ0v) is 22.4. The molecule has 0 aliphatic heterocycles. The average molecular weight is 523 g/mol. The number of nitrogens with zero attached hydrogens (tertiary/aromatic N) is 1. The maximum Gasteiger partial charge on any atom is 0.243 e. The summed E-state index contributed by atoms with van der Waals surface area (Å²) < 4.78 is 11.0. The summed E-state index contributed by atoms with van der Waals surface area (Å²) in [4.78, 5) is 28.6. The minimum atomic E-state index is -0.657. The van der Waals surface area contributed by atoms with E-state index in [1.165, 1.54) is 0 Å². The second-order valence-electron chi connectivity index (χ2n) is 9.14. The van der Waals surface area contributed by atoms with E-state index < -0.39 is 6.04 Å². The van der Waals surface area contributed by atoms with Crippen LogP contribution in [0.1, 0.15) is 37.8 Å². The molecule has 1 N–H and O–H groups in total. The summed E-state index contributed by atoms with van der Waals surface area (Å²) >= 11 is 6.07. The molecule has 6 nitrogen and oxygen atoms in total. The number of nitrogens with one attached hydrogen (secondary N) is 1. The molecule has 0 bridgehead atoms. The lowest BCUT2D eigenvalue weighted by molar-refractivity contribution is -0.141. The molecule has 3 aromatic rings. The molecule has 0 radical (unpaired) electrons. The minimum absolute atomic E-state index is 0.0452. The van der Waals surface area contributed by atoms with Gasteiger partial charge in [0.2, 0.25) is 11.8 Å². The van der Waals surface area contributed by atoms with Crippen LogP contribution in [-0.2, 0) is 22.6 Å². The van der Waals surface area contributed by atoms with Gasteiger partial charge in [-0.2, -0.15) is 0 Å². The SMILES string of the molecule is COc1ccc(OCCCC(=O)N(Cc2ccc(Cl)cc2)C(Cc2ccccc2)C(=O)NC(C)C)cc1. The number of methoxy groups -OCH3 is 1. The summed E-state index contributed by atoms with van der Waals surface area (Å²) in [5.41, 5.74) is 1.89. The smallest absolute Gasteiger partial charge is 0.243 e. The number of carbonyl (C=O) groups is 2. The predicted octanol–water partition coefficient (Wildman–Crippen LogP) is 5.67. The summed E-state index contributed by atoms with van der Waals surface area (Å²) in [6.07, 6.45) is 1.19. The van der Waals surface area contributed by atoms with Crippen molar-refractivity contribution < 1.29 is 19.1 Å². The number of hydrogen-bond acceptors (Lipinski definition) is 4. The minimum Gasteiger partial charge on any atom is -0.497 e. The molecule has 2 amide bonds. The third-order valence-electron chi connectivity index (χ3n) is 5.83. The molecule has 0 saturated carbocycles. The molecule has 1 atom stereocenters. The van der Waals surface area contributed by atoms with Crippen molar-refractivity contribution in [3.8, 4) is 11.5 Å². The van der Waals surface area contributed by atoms with Crippen molar-refractivity contribution in [1.82, 2.24) is 10.2 Å². The summed E-state index contributed by atoms with van der Waals surface area (Å²) in [5, 5.41) is 3.62. The lowest BCUT2D eigenvalue weighted by atomic mass is 10.0. The van der Waals surface area contributed by atoms with Crippen molar-refractivity contribution in [3.05, 3.63) is 95.0 Å². The third-order valence-corrected chi connectivity index (χ3v) is 6.08. The van der Waals surface area contributed by atoms with Gasteiger partial charge in [-0.15, -0.1) is 0 Å². The molecule has 37 heavy (non-hydrogen) atoms. The zero-order chi connectivity index (χ0) is 26.6. The standard InChI is InChI=1S/C30H35ClN2O4/c1-22(2)32-30(35)28(20-23-8-5-4-6-9-23)33(21-24-11-13-25(31)14-12-24)29(34)10-7-19-37-27-17-15-26(36-3)16-18-27/h4-6,8-9,11-18,22,28H,7,10,19-21H2,1-3H3,(H,32,35). The lowest BCUT2D eigenvalue weighted by Crippen LogP contribution is -2.51. The van der Waals surface area contributed by atoms with Gasteiger partial charge in [0.1, 0.15) is 17.5 Å². The van der Waals surface area contributed by atoms with Gasteiger partial charge in [0.15, 0.2) is 0 Å². The maximum atomic E-state index is 13.6. The number of carbonyl (C=O) groups excluding carboxylic acids is 2. The second kappa shape index (κ2) is 14.3. The van der Waals surface area contributed by atoms with E-state index in [9.17, 15) is 9.59 Å². The maximum absolute atomic E-state index is 13.6. The van der Waals surface area contributed by atoms with Crippen LogP contribution in [0.5, 0.6) is 11.5 Å². The van der Waals surface area contributed by atoms with Gasteiger partial charge in [0.25, 0.3) is 0 Å². The normalized spacial score (nSPS) is 11.6. The highest BCUT2D eigenvalue weighted by Gasteiger charge is 2.30.